The van der Waals surface area contributed by atoms with Gasteiger partial charge in [0.05, 0.1) is 6.04 Å². The standard InChI is InChI=1S/C11H20F3N3O/c1-8(10(18)16-7-11(12,13)14)15-5-9-3-4-17(2)6-9/h8-9,15H,3-7H2,1-2H3,(H,16,18). The summed E-state index contributed by atoms with van der Waals surface area (Å²) in [5.41, 5.74) is 0. The van der Waals surface area contributed by atoms with Crippen molar-refractivity contribution in [2.75, 3.05) is 33.2 Å². The third-order valence-electron chi connectivity index (χ3n) is 3.06. The number of carbonyl (C=O) groups excluding carboxylic acids is 1. The first-order valence-electron chi connectivity index (χ1n) is 6.04. The van der Waals surface area contributed by atoms with Crippen molar-refractivity contribution in [2.45, 2.75) is 25.6 Å². The highest BCUT2D eigenvalue weighted by Crippen LogP contribution is 2.13. The number of carbonyl (C=O) groups is 1. The van der Waals surface area contributed by atoms with Crippen LogP contribution in [0.25, 0.3) is 0 Å². The molecule has 2 unspecified atom stereocenters. The highest BCUT2D eigenvalue weighted by atomic mass is 19.4. The Labute approximate surface area is 105 Å². The highest BCUT2D eigenvalue weighted by Gasteiger charge is 2.29. The first kappa shape index (κ1) is 15.2. The molecule has 2 atom stereocenters. The summed E-state index contributed by atoms with van der Waals surface area (Å²) in [5, 5.41) is 4.84. The SMILES string of the molecule is CC(NCC1CCN(C)C1)C(=O)NCC(F)(F)F. The van der Waals surface area contributed by atoms with Crippen LogP contribution in [0, 0.1) is 5.92 Å². The van der Waals surface area contributed by atoms with Gasteiger partial charge in [0, 0.05) is 6.54 Å². The second-order valence-electron chi connectivity index (χ2n) is 4.88. The van der Waals surface area contributed by atoms with Gasteiger partial charge < -0.3 is 15.5 Å². The largest absolute Gasteiger partial charge is 0.405 e. The second kappa shape index (κ2) is 6.38. The topological polar surface area (TPSA) is 44.4 Å². The van der Waals surface area contributed by atoms with E-state index in [2.05, 4.69) is 10.2 Å². The van der Waals surface area contributed by atoms with Crippen molar-refractivity contribution in [2.24, 2.45) is 5.92 Å². The van der Waals surface area contributed by atoms with Crippen LogP contribution in [0.15, 0.2) is 0 Å². The van der Waals surface area contributed by atoms with E-state index in [9.17, 15) is 18.0 Å². The number of amides is 1. The maximum Gasteiger partial charge on any atom is 0.405 e. The molecule has 18 heavy (non-hydrogen) atoms. The Balaban J connectivity index is 2.19. The molecule has 1 rings (SSSR count). The molecule has 1 fully saturated rings. The molecule has 0 aliphatic carbocycles. The van der Waals surface area contributed by atoms with Gasteiger partial charge in [-0.2, -0.15) is 13.2 Å². The Morgan fingerprint density at radius 3 is 2.67 bits per heavy atom. The van der Waals surface area contributed by atoms with E-state index >= 15 is 0 Å². The number of rotatable bonds is 5. The first-order chi connectivity index (χ1) is 8.28. The molecule has 106 valence electrons. The first-order valence-corrected chi connectivity index (χ1v) is 6.04. The molecule has 1 aliphatic heterocycles. The number of alkyl halides is 3. The number of hydrogen-bond donors (Lipinski definition) is 2. The zero-order chi connectivity index (χ0) is 13.8. The Morgan fingerprint density at radius 2 is 2.17 bits per heavy atom. The van der Waals surface area contributed by atoms with Crippen molar-refractivity contribution in [1.82, 2.24) is 15.5 Å². The molecule has 0 aromatic carbocycles. The molecule has 0 aromatic heterocycles. The van der Waals surface area contributed by atoms with Gasteiger partial charge in [-0.25, -0.2) is 0 Å². The zero-order valence-corrected chi connectivity index (χ0v) is 10.7. The van der Waals surface area contributed by atoms with Crippen molar-refractivity contribution in [3.8, 4) is 0 Å². The molecule has 1 amide bonds. The van der Waals surface area contributed by atoms with E-state index in [0.29, 0.717) is 12.5 Å². The predicted molar refractivity (Wildman–Crippen MR) is 62.1 cm³/mol. The van der Waals surface area contributed by atoms with Crippen molar-refractivity contribution < 1.29 is 18.0 Å². The summed E-state index contributed by atoms with van der Waals surface area (Å²) in [7, 11) is 2.03. The fourth-order valence-electron chi connectivity index (χ4n) is 1.97. The van der Waals surface area contributed by atoms with E-state index in [4.69, 9.17) is 0 Å². The third kappa shape index (κ3) is 5.68. The van der Waals surface area contributed by atoms with Crippen LogP contribution in [0.1, 0.15) is 13.3 Å². The van der Waals surface area contributed by atoms with Crippen LogP contribution in [-0.4, -0.2) is 56.3 Å². The Kier molecular flexibility index (Phi) is 5.40. The summed E-state index contributed by atoms with van der Waals surface area (Å²) in [5.74, 6) is -0.147. The van der Waals surface area contributed by atoms with Gasteiger partial charge in [-0.1, -0.05) is 0 Å². The molecule has 2 N–H and O–H groups in total. The minimum absolute atomic E-state index is 0.466. The van der Waals surface area contributed by atoms with E-state index in [-0.39, 0.29) is 0 Å². The monoisotopic (exact) mass is 267 g/mol. The van der Waals surface area contributed by atoms with Crippen LogP contribution in [0.5, 0.6) is 0 Å². The molecule has 0 radical (unpaired) electrons. The molecule has 0 bridgehead atoms. The van der Waals surface area contributed by atoms with Gasteiger partial charge >= 0.3 is 6.18 Å². The molecule has 0 aromatic rings. The summed E-state index contributed by atoms with van der Waals surface area (Å²) < 4.78 is 35.7. The fourth-order valence-corrected chi connectivity index (χ4v) is 1.97. The molecule has 7 heteroatoms. The lowest BCUT2D eigenvalue weighted by Crippen LogP contribution is -2.46. The lowest BCUT2D eigenvalue weighted by Gasteiger charge is -2.17. The van der Waals surface area contributed by atoms with Crippen LogP contribution in [-0.2, 0) is 4.79 Å². The number of nitrogens with zero attached hydrogens (tertiary/aromatic N) is 1. The van der Waals surface area contributed by atoms with Crippen molar-refractivity contribution in [3.05, 3.63) is 0 Å². The fraction of sp³-hybridized carbons (Fsp3) is 0.909. The van der Waals surface area contributed by atoms with Crippen molar-refractivity contribution >= 4 is 5.91 Å². The second-order valence-corrected chi connectivity index (χ2v) is 4.88. The summed E-state index contributed by atoms with van der Waals surface area (Å²) in [6, 6.07) is -0.599. The van der Waals surface area contributed by atoms with E-state index in [1.807, 2.05) is 12.4 Å². The molecule has 1 aliphatic rings. The molecule has 4 nitrogen and oxygen atoms in total. The molecular formula is C11H20F3N3O. The molecule has 0 spiro atoms. The third-order valence-corrected chi connectivity index (χ3v) is 3.06. The average Bonchev–Trinajstić information content (AvgIpc) is 2.67. The quantitative estimate of drug-likeness (QED) is 0.766. The number of likely N-dealkylation sites (tertiary alicyclic amines) is 1. The van der Waals surface area contributed by atoms with Gasteiger partial charge in [-0.05, 0) is 39.4 Å². The highest BCUT2D eigenvalue weighted by molar-refractivity contribution is 5.81. The van der Waals surface area contributed by atoms with Gasteiger partial charge in [-0.3, -0.25) is 4.79 Å². The summed E-state index contributed by atoms with van der Waals surface area (Å²) >= 11 is 0. The minimum Gasteiger partial charge on any atom is -0.346 e. The maximum atomic E-state index is 11.9. The Morgan fingerprint density at radius 1 is 1.50 bits per heavy atom. The van der Waals surface area contributed by atoms with Crippen LogP contribution >= 0.6 is 0 Å². The molecular weight excluding hydrogens is 247 g/mol. The normalized spacial score (nSPS) is 23.1. The van der Waals surface area contributed by atoms with Crippen LogP contribution in [0.4, 0.5) is 13.2 Å². The van der Waals surface area contributed by atoms with Gasteiger partial charge in [0.25, 0.3) is 0 Å². The van der Waals surface area contributed by atoms with Gasteiger partial charge in [-0.15, -0.1) is 0 Å². The molecule has 0 saturated carbocycles. The molecule has 1 heterocycles. The van der Waals surface area contributed by atoms with Gasteiger partial charge in [0.15, 0.2) is 0 Å². The van der Waals surface area contributed by atoms with Crippen LogP contribution < -0.4 is 10.6 Å². The predicted octanol–water partition coefficient (Wildman–Crippen LogP) is 0.595. The van der Waals surface area contributed by atoms with Gasteiger partial charge in [0.1, 0.15) is 6.54 Å². The van der Waals surface area contributed by atoms with E-state index < -0.39 is 24.7 Å². The lowest BCUT2D eigenvalue weighted by atomic mass is 10.1. The zero-order valence-electron chi connectivity index (χ0n) is 10.7. The number of halogens is 3. The van der Waals surface area contributed by atoms with Crippen LogP contribution in [0.3, 0.4) is 0 Å². The summed E-state index contributed by atoms with van der Waals surface area (Å²) in [6.07, 6.45) is -3.30. The van der Waals surface area contributed by atoms with Crippen molar-refractivity contribution in [1.29, 1.82) is 0 Å². The Bertz CT molecular complexity index is 283. The smallest absolute Gasteiger partial charge is 0.346 e. The summed E-state index contributed by atoms with van der Waals surface area (Å²) in [4.78, 5) is 13.6. The average molecular weight is 267 g/mol. The van der Waals surface area contributed by atoms with E-state index in [1.165, 1.54) is 0 Å². The Hall–Kier alpha value is -0.820. The number of hydrogen-bond acceptors (Lipinski definition) is 3. The van der Waals surface area contributed by atoms with Crippen molar-refractivity contribution in [3.63, 3.8) is 0 Å². The van der Waals surface area contributed by atoms with Crippen LogP contribution in [0.2, 0.25) is 0 Å². The van der Waals surface area contributed by atoms with E-state index in [1.54, 1.807) is 6.92 Å². The lowest BCUT2D eigenvalue weighted by molar-refractivity contribution is -0.139. The maximum absolute atomic E-state index is 11.9. The van der Waals surface area contributed by atoms with Gasteiger partial charge in [0.2, 0.25) is 5.91 Å². The summed E-state index contributed by atoms with van der Waals surface area (Å²) in [6.45, 7) is 2.95. The number of nitrogens with one attached hydrogen (secondary N) is 2. The van der Waals surface area contributed by atoms with E-state index in [0.717, 1.165) is 19.5 Å². The molecule has 1 saturated heterocycles. The minimum atomic E-state index is -4.36.